The smallest absolute Gasteiger partial charge is 0.227 e. The van der Waals surface area contributed by atoms with Crippen LogP contribution in [0.1, 0.15) is 43.4 Å². The van der Waals surface area contributed by atoms with Gasteiger partial charge in [-0.1, -0.05) is 24.3 Å². The normalized spacial score (nSPS) is 18.3. The standard InChI is InChI=1S/C14H17NO2/c1-10(16)9-14(17)15-13-8-4-6-11-5-2-3-7-12(11)13/h2-3,5,7,13H,4,6,8-9H2,1H3,(H,15,17)/t13-/m1/s1. The van der Waals surface area contributed by atoms with Gasteiger partial charge in [0.05, 0.1) is 12.5 Å². The van der Waals surface area contributed by atoms with Crippen LogP contribution in [0.5, 0.6) is 0 Å². The topological polar surface area (TPSA) is 46.2 Å². The van der Waals surface area contributed by atoms with E-state index in [-0.39, 0.29) is 24.2 Å². The number of fused-ring (bicyclic) bond motifs is 1. The lowest BCUT2D eigenvalue weighted by Crippen LogP contribution is -2.31. The largest absolute Gasteiger partial charge is 0.349 e. The molecule has 3 heteroatoms. The molecule has 1 N–H and O–H groups in total. The van der Waals surface area contributed by atoms with Crippen LogP contribution >= 0.6 is 0 Å². The highest BCUT2D eigenvalue weighted by atomic mass is 16.2. The molecule has 1 amide bonds. The van der Waals surface area contributed by atoms with Crippen molar-refractivity contribution < 1.29 is 9.59 Å². The molecule has 1 aromatic carbocycles. The van der Waals surface area contributed by atoms with E-state index in [0.717, 1.165) is 19.3 Å². The van der Waals surface area contributed by atoms with Gasteiger partial charge in [-0.05, 0) is 37.3 Å². The molecule has 1 aromatic rings. The number of aryl methyl sites for hydroxylation is 1. The van der Waals surface area contributed by atoms with Crippen LogP contribution in [0, 0.1) is 0 Å². The molecule has 0 saturated carbocycles. The van der Waals surface area contributed by atoms with Crippen LogP contribution in [0.4, 0.5) is 0 Å². The Morgan fingerprint density at radius 2 is 2.12 bits per heavy atom. The van der Waals surface area contributed by atoms with Gasteiger partial charge >= 0.3 is 0 Å². The number of hydrogen-bond acceptors (Lipinski definition) is 2. The molecular weight excluding hydrogens is 214 g/mol. The van der Waals surface area contributed by atoms with Crippen LogP contribution in [0.25, 0.3) is 0 Å². The number of carbonyl (C=O) groups excluding carboxylic acids is 2. The first-order valence-corrected chi connectivity index (χ1v) is 6.03. The van der Waals surface area contributed by atoms with Crippen LogP contribution in [0.2, 0.25) is 0 Å². The highest BCUT2D eigenvalue weighted by molar-refractivity contribution is 5.96. The van der Waals surface area contributed by atoms with Gasteiger partial charge in [0.15, 0.2) is 0 Å². The summed E-state index contributed by atoms with van der Waals surface area (Å²) in [6.45, 7) is 1.44. The molecule has 17 heavy (non-hydrogen) atoms. The van der Waals surface area contributed by atoms with E-state index in [4.69, 9.17) is 0 Å². The average molecular weight is 231 g/mol. The number of amides is 1. The third-order valence-corrected chi connectivity index (χ3v) is 3.11. The van der Waals surface area contributed by atoms with E-state index < -0.39 is 0 Å². The fraction of sp³-hybridized carbons (Fsp3) is 0.429. The van der Waals surface area contributed by atoms with Crippen LogP contribution in [0.3, 0.4) is 0 Å². The highest BCUT2D eigenvalue weighted by Gasteiger charge is 2.21. The van der Waals surface area contributed by atoms with E-state index in [1.165, 1.54) is 18.1 Å². The average Bonchev–Trinajstić information content (AvgIpc) is 2.28. The Hall–Kier alpha value is -1.64. The van der Waals surface area contributed by atoms with Crippen LogP contribution in [-0.4, -0.2) is 11.7 Å². The van der Waals surface area contributed by atoms with Crippen molar-refractivity contribution in [1.82, 2.24) is 5.32 Å². The van der Waals surface area contributed by atoms with Crippen LogP contribution < -0.4 is 5.32 Å². The van der Waals surface area contributed by atoms with Crippen molar-refractivity contribution in [2.75, 3.05) is 0 Å². The minimum absolute atomic E-state index is 0.0152. The molecule has 0 fully saturated rings. The Morgan fingerprint density at radius 3 is 2.88 bits per heavy atom. The minimum Gasteiger partial charge on any atom is -0.349 e. The second-order valence-corrected chi connectivity index (χ2v) is 4.59. The molecule has 1 aliphatic carbocycles. The van der Waals surface area contributed by atoms with Crippen molar-refractivity contribution in [1.29, 1.82) is 0 Å². The molecule has 1 aliphatic rings. The Labute approximate surface area is 101 Å². The summed E-state index contributed by atoms with van der Waals surface area (Å²) in [5, 5.41) is 2.95. The lowest BCUT2D eigenvalue weighted by atomic mass is 9.87. The molecule has 0 saturated heterocycles. The van der Waals surface area contributed by atoms with Crippen molar-refractivity contribution >= 4 is 11.7 Å². The van der Waals surface area contributed by atoms with Gasteiger partial charge in [0.25, 0.3) is 0 Å². The van der Waals surface area contributed by atoms with E-state index in [9.17, 15) is 9.59 Å². The van der Waals surface area contributed by atoms with E-state index in [1.807, 2.05) is 12.1 Å². The maximum absolute atomic E-state index is 11.6. The monoisotopic (exact) mass is 231 g/mol. The number of hydrogen-bond donors (Lipinski definition) is 1. The number of Topliss-reactive ketones (excluding diaryl/α,β-unsaturated/α-hetero) is 1. The van der Waals surface area contributed by atoms with Crippen molar-refractivity contribution in [3.05, 3.63) is 35.4 Å². The molecule has 90 valence electrons. The lowest BCUT2D eigenvalue weighted by Gasteiger charge is -2.26. The van der Waals surface area contributed by atoms with E-state index >= 15 is 0 Å². The molecule has 2 rings (SSSR count). The fourth-order valence-corrected chi connectivity index (χ4v) is 2.38. The van der Waals surface area contributed by atoms with E-state index in [0.29, 0.717) is 0 Å². The van der Waals surface area contributed by atoms with Crippen LogP contribution in [0.15, 0.2) is 24.3 Å². The third kappa shape index (κ3) is 2.93. The summed E-state index contributed by atoms with van der Waals surface area (Å²) in [5.74, 6) is -0.259. The molecule has 0 spiro atoms. The molecule has 0 radical (unpaired) electrons. The Morgan fingerprint density at radius 1 is 1.35 bits per heavy atom. The summed E-state index contributed by atoms with van der Waals surface area (Å²) in [6.07, 6.45) is 3.11. The first-order valence-electron chi connectivity index (χ1n) is 6.03. The van der Waals surface area contributed by atoms with Gasteiger partial charge in [-0.2, -0.15) is 0 Å². The first-order chi connectivity index (χ1) is 8.16. The van der Waals surface area contributed by atoms with Gasteiger partial charge in [0.1, 0.15) is 5.78 Å². The fourth-order valence-electron chi connectivity index (χ4n) is 2.38. The zero-order valence-electron chi connectivity index (χ0n) is 10.0. The van der Waals surface area contributed by atoms with Gasteiger partial charge in [-0.15, -0.1) is 0 Å². The molecule has 3 nitrogen and oxygen atoms in total. The van der Waals surface area contributed by atoms with Crippen molar-refractivity contribution in [2.45, 2.75) is 38.6 Å². The van der Waals surface area contributed by atoms with Gasteiger partial charge in [-0.25, -0.2) is 0 Å². The lowest BCUT2D eigenvalue weighted by molar-refractivity contribution is -0.127. The number of ketones is 1. The number of nitrogens with one attached hydrogen (secondary N) is 1. The zero-order chi connectivity index (χ0) is 12.3. The van der Waals surface area contributed by atoms with Gasteiger partial charge in [0.2, 0.25) is 5.91 Å². The Kier molecular flexibility index (Phi) is 3.57. The van der Waals surface area contributed by atoms with Crippen molar-refractivity contribution in [3.63, 3.8) is 0 Å². The summed E-state index contributed by atoms with van der Waals surface area (Å²) in [5.41, 5.74) is 2.52. The van der Waals surface area contributed by atoms with Gasteiger partial charge in [-0.3, -0.25) is 9.59 Å². The molecule has 0 bridgehead atoms. The summed E-state index contributed by atoms with van der Waals surface area (Å²) in [6, 6.07) is 8.27. The first kappa shape index (κ1) is 11.8. The molecular formula is C14H17NO2. The summed E-state index contributed by atoms with van der Waals surface area (Å²) in [7, 11) is 0. The van der Waals surface area contributed by atoms with E-state index in [1.54, 1.807) is 0 Å². The minimum atomic E-state index is -0.167. The maximum Gasteiger partial charge on any atom is 0.227 e. The quantitative estimate of drug-likeness (QED) is 0.810. The van der Waals surface area contributed by atoms with Crippen molar-refractivity contribution in [2.24, 2.45) is 0 Å². The zero-order valence-corrected chi connectivity index (χ0v) is 10.0. The number of carbonyl (C=O) groups is 2. The molecule has 0 unspecified atom stereocenters. The molecule has 0 heterocycles. The van der Waals surface area contributed by atoms with Crippen LogP contribution in [-0.2, 0) is 16.0 Å². The summed E-state index contributed by atoms with van der Waals surface area (Å²) >= 11 is 0. The third-order valence-electron chi connectivity index (χ3n) is 3.11. The summed E-state index contributed by atoms with van der Waals surface area (Å²) < 4.78 is 0. The van der Waals surface area contributed by atoms with E-state index in [2.05, 4.69) is 17.4 Å². The molecule has 1 atom stereocenters. The second-order valence-electron chi connectivity index (χ2n) is 4.59. The summed E-state index contributed by atoms with van der Waals surface area (Å²) in [4.78, 5) is 22.5. The van der Waals surface area contributed by atoms with Crippen molar-refractivity contribution in [3.8, 4) is 0 Å². The maximum atomic E-state index is 11.6. The predicted molar refractivity (Wildman–Crippen MR) is 65.6 cm³/mol. The molecule has 0 aliphatic heterocycles. The van der Waals surface area contributed by atoms with Gasteiger partial charge in [0, 0.05) is 0 Å². The number of rotatable bonds is 3. The molecule has 0 aromatic heterocycles. The SMILES string of the molecule is CC(=O)CC(=O)N[C@@H]1CCCc2ccccc21. The highest BCUT2D eigenvalue weighted by Crippen LogP contribution is 2.29. The van der Waals surface area contributed by atoms with Gasteiger partial charge < -0.3 is 5.32 Å². The number of benzene rings is 1. The Bertz CT molecular complexity index is 440. The second kappa shape index (κ2) is 5.13. The Balaban J connectivity index is 2.08. The predicted octanol–water partition coefficient (Wildman–Crippen LogP) is 2.16.